The zero-order chi connectivity index (χ0) is 22.0. The van der Waals surface area contributed by atoms with Crippen LogP contribution in [-0.4, -0.2) is 65.5 Å². The van der Waals surface area contributed by atoms with Gasteiger partial charge >= 0.3 is 0 Å². The second-order valence-corrected chi connectivity index (χ2v) is 8.07. The van der Waals surface area contributed by atoms with Crippen LogP contribution in [0.5, 0.6) is 5.75 Å². The molecule has 164 valence electrons. The number of hydrogen-bond acceptors (Lipinski definition) is 7. The molecule has 1 fully saturated rings. The van der Waals surface area contributed by atoms with Gasteiger partial charge in [-0.3, -0.25) is 9.58 Å². The number of hydrogen-bond donors (Lipinski definition) is 0. The molecule has 3 aromatic rings. The number of ether oxygens (including phenoxy) is 2. The molecule has 8 heteroatoms. The highest BCUT2D eigenvalue weighted by Crippen LogP contribution is 2.32. The Bertz CT molecular complexity index is 1030. The number of methoxy groups -OCH3 is 1. The first-order chi connectivity index (χ1) is 15.0. The third kappa shape index (κ3) is 4.55. The maximum atomic E-state index is 6.21. The SMILES string of the molecule is COc1ccc(-c2cnc(N(C)C)nc2C2CN(Cc3cnn(C)c3C)CCO2)cc1. The molecule has 1 aliphatic heterocycles. The monoisotopic (exact) mass is 422 g/mol. The first-order valence-electron chi connectivity index (χ1n) is 10.5. The Kier molecular flexibility index (Phi) is 6.20. The second kappa shape index (κ2) is 9.03. The predicted octanol–water partition coefficient (Wildman–Crippen LogP) is 2.83. The van der Waals surface area contributed by atoms with Gasteiger partial charge in [0, 0.05) is 63.8 Å². The van der Waals surface area contributed by atoms with Crippen LogP contribution in [0.4, 0.5) is 5.95 Å². The van der Waals surface area contributed by atoms with E-state index in [-0.39, 0.29) is 6.10 Å². The zero-order valence-corrected chi connectivity index (χ0v) is 18.9. The van der Waals surface area contributed by atoms with Crippen LogP contribution >= 0.6 is 0 Å². The molecule has 4 rings (SSSR count). The molecule has 2 aromatic heterocycles. The lowest BCUT2D eigenvalue weighted by Gasteiger charge is -2.33. The van der Waals surface area contributed by atoms with Gasteiger partial charge in [-0.15, -0.1) is 0 Å². The highest BCUT2D eigenvalue weighted by molar-refractivity contribution is 5.67. The Balaban J connectivity index is 1.64. The molecule has 1 unspecified atom stereocenters. The highest BCUT2D eigenvalue weighted by atomic mass is 16.5. The van der Waals surface area contributed by atoms with Crippen molar-refractivity contribution in [2.45, 2.75) is 19.6 Å². The first kappa shape index (κ1) is 21.3. The van der Waals surface area contributed by atoms with Crippen LogP contribution in [0.2, 0.25) is 0 Å². The summed E-state index contributed by atoms with van der Waals surface area (Å²) >= 11 is 0. The van der Waals surface area contributed by atoms with Gasteiger partial charge in [0.25, 0.3) is 0 Å². The molecule has 0 bridgehead atoms. The van der Waals surface area contributed by atoms with E-state index >= 15 is 0 Å². The topological polar surface area (TPSA) is 68.5 Å². The summed E-state index contributed by atoms with van der Waals surface area (Å²) < 4.78 is 13.4. The Morgan fingerprint density at radius 1 is 1.19 bits per heavy atom. The molecule has 31 heavy (non-hydrogen) atoms. The molecule has 1 aromatic carbocycles. The van der Waals surface area contributed by atoms with Gasteiger partial charge in [0.1, 0.15) is 11.9 Å². The minimum absolute atomic E-state index is 0.135. The maximum Gasteiger partial charge on any atom is 0.225 e. The van der Waals surface area contributed by atoms with E-state index in [0.29, 0.717) is 12.6 Å². The van der Waals surface area contributed by atoms with Crippen LogP contribution in [-0.2, 0) is 18.3 Å². The summed E-state index contributed by atoms with van der Waals surface area (Å²) in [5.41, 5.74) is 5.38. The fourth-order valence-corrected chi connectivity index (χ4v) is 3.79. The molecular formula is C23H30N6O2. The second-order valence-electron chi connectivity index (χ2n) is 8.07. The highest BCUT2D eigenvalue weighted by Gasteiger charge is 2.27. The fraction of sp³-hybridized carbons (Fsp3) is 0.435. The smallest absolute Gasteiger partial charge is 0.225 e. The third-order valence-electron chi connectivity index (χ3n) is 5.79. The van der Waals surface area contributed by atoms with Gasteiger partial charge in [-0.05, 0) is 24.6 Å². The summed E-state index contributed by atoms with van der Waals surface area (Å²) in [6.07, 6.45) is 3.72. The Morgan fingerprint density at radius 2 is 1.97 bits per heavy atom. The van der Waals surface area contributed by atoms with Gasteiger partial charge in [-0.2, -0.15) is 5.10 Å². The Labute approximate surface area is 183 Å². The molecule has 3 heterocycles. The van der Waals surface area contributed by atoms with Crippen molar-refractivity contribution in [2.24, 2.45) is 7.05 Å². The van der Waals surface area contributed by atoms with E-state index in [0.717, 1.165) is 42.2 Å². The Hall–Kier alpha value is -2.97. The van der Waals surface area contributed by atoms with Crippen molar-refractivity contribution < 1.29 is 9.47 Å². The minimum atomic E-state index is -0.135. The van der Waals surface area contributed by atoms with Crippen molar-refractivity contribution in [1.29, 1.82) is 0 Å². The van der Waals surface area contributed by atoms with E-state index in [1.807, 2.05) is 67.4 Å². The van der Waals surface area contributed by atoms with Crippen LogP contribution in [0.25, 0.3) is 11.1 Å². The van der Waals surface area contributed by atoms with E-state index < -0.39 is 0 Å². The van der Waals surface area contributed by atoms with Gasteiger partial charge in [0.2, 0.25) is 5.95 Å². The van der Waals surface area contributed by atoms with Crippen molar-refractivity contribution in [1.82, 2.24) is 24.6 Å². The van der Waals surface area contributed by atoms with Crippen LogP contribution in [0.15, 0.2) is 36.7 Å². The van der Waals surface area contributed by atoms with Crippen molar-refractivity contribution in [2.75, 3.05) is 45.8 Å². The van der Waals surface area contributed by atoms with E-state index in [9.17, 15) is 0 Å². The van der Waals surface area contributed by atoms with Gasteiger partial charge in [0.15, 0.2) is 0 Å². The number of morpholine rings is 1. The van der Waals surface area contributed by atoms with Crippen molar-refractivity contribution in [3.63, 3.8) is 0 Å². The number of rotatable bonds is 6. The molecule has 0 aliphatic carbocycles. The lowest BCUT2D eigenvalue weighted by Crippen LogP contribution is -2.38. The van der Waals surface area contributed by atoms with E-state index in [1.54, 1.807) is 7.11 Å². The molecule has 0 N–H and O–H groups in total. The number of nitrogens with zero attached hydrogens (tertiary/aromatic N) is 6. The molecule has 0 spiro atoms. The van der Waals surface area contributed by atoms with Crippen LogP contribution < -0.4 is 9.64 Å². The van der Waals surface area contributed by atoms with Crippen LogP contribution in [0, 0.1) is 6.92 Å². The summed E-state index contributed by atoms with van der Waals surface area (Å²) in [5.74, 6) is 1.50. The maximum absolute atomic E-state index is 6.21. The average Bonchev–Trinajstić information content (AvgIpc) is 3.11. The predicted molar refractivity (Wildman–Crippen MR) is 120 cm³/mol. The average molecular weight is 423 g/mol. The number of aromatic nitrogens is 4. The van der Waals surface area contributed by atoms with Crippen molar-refractivity contribution >= 4 is 5.95 Å². The summed E-state index contributed by atoms with van der Waals surface area (Å²) in [6, 6.07) is 7.99. The van der Waals surface area contributed by atoms with E-state index in [2.05, 4.69) is 21.9 Å². The normalized spacial score (nSPS) is 17.0. The standard InChI is InChI=1S/C23H30N6O2/c1-16-18(12-25-28(16)4)14-29-10-11-31-21(15-29)22-20(13-24-23(26-22)27(2)3)17-6-8-19(30-5)9-7-17/h6-9,12-13,21H,10-11,14-15H2,1-5H3. The van der Waals surface area contributed by atoms with E-state index in [4.69, 9.17) is 14.5 Å². The number of anilines is 1. The Morgan fingerprint density at radius 3 is 2.61 bits per heavy atom. The molecule has 1 aliphatic rings. The summed E-state index contributed by atoms with van der Waals surface area (Å²) in [4.78, 5) is 13.8. The molecular weight excluding hydrogens is 392 g/mol. The largest absolute Gasteiger partial charge is 0.497 e. The first-order valence-corrected chi connectivity index (χ1v) is 10.5. The molecule has 0 radical (unpaired) electrons. The molecule has 1 saturated heterocycles. The summed E-state index contributed by atoms with van der Waals surface area (Å²) in [5, 5.41) is 4.38. The van der Waals surface area contributed by atoms with Crippen LogP contribution in [0.1, 0.15) is 23.1 Å². The van der Waals surface area contributed by atoms with Gasteiger partial charge in [-0.25, -0.2) is 9.97 Å². The van der Waals surface area contributed by atoms with Gasteiger partial charge in [-0.1, -0.05) is 12.1 Å². The third-order valence-corrected chi connectivity index (χ3v) is 5.79. The van der Waals surface area contributed by atoms with Crippen LogP contribution in [0.3, 0.4) is 0 Å². The zero-order valence-electron chi connectivity index (χ0n) is 18.9. The van der Waals surface area contributed by atoms with Gasteiger partial charge in [0.05, 0.1) is 25.6 Å². The van der Waals surface area contributed by atoms with Gasteiger partial charge < -0.3 is 14.4 Å². The quantitative estimate of drug-likeness (QED) is 0.605. The minimum Gasteiger partial charge on any atom is -0.497 e. The lowest BCUT2D eigenvalue weighted by atomic mass is 10.0. The summed E-state index contributed by atoms with van der Waals surface area (Å²) in [7, 11) is 7.55. The molecule has 0 amide bonds. The summed E-state index contributed by atoms with van der Waals surface area (Å²) in [6.45, 7) is 5.27. The number of benzene rings is 1. The van der Waals surface area contributed by atoms with E-state index in [1.165, 1.54) is 11.3 Å². The number of aryl methyl sites for hydroxylation is 1. The molecule has 1 atom stereocenters. The lowest BCUT2D eigenvalue weighted by molar-refractivity contribution is -0.0347. The fourth-order valence-electron chi connectivity index (χ4n) is 3.79. The molecule has 8 nitrogen and oxygen atoms in total. The van der Waals surface area contributed by atoms with Crippen molar-refractivity contribution in [3.05, 3.63) is 53.6 Å². The molecule has 0 saturated carbocycles. The van der Waals surface area contributed by atoms with Crippen molar-refractivity contribution in [3.8, 4) is 16.9 Å².